The van der Waals surface area contributed by atoms with Crippen molar-refractivity contribution in [1.82, 2.24) is 0 Å². The van der Waals surface area contributed by atoms with E-state index in [0.717, 1.165) is 37.7 Å². The van der Waals surface area contributed by atoms with Crippen LogP contribution < -0.4 is 4.74 Å². The van der Waals surface area contributed by atoms with Crippen molar-refractivity contribution in [3.8, 4) is 5.75 Å². The molecule has 2 fully saturated rings. The van der Waals surface area contributed by atoms with Crippen molar-refractivity contribution in [3.63, 3.8) is 0 Å². The zero-order valence-electron chi connectivity index (χ0n) is 13.7. The molecule has 0 aliphatic heterocycles. The van der Waals surface area contributed by atoms with Crippen LogP contribution in [0.25, 0.3) is 0 Å². The summed E-state index contributed by atoms with van der Waals surface area (Å²) in [6, 6.07) is 4.79. The van der Waals surface area contributed by atoms with E-state index < -0.39 is 6.36 Å². The van der Waals surface area contributed by atoms with Gasteiger partial charge < -0.3 is 4.74 Å². The van der Waals surface area contributed by atoms with Crippen LogP contribution in [-0.2, 0) is 11.2 Å². The van der Waals surface area contributed by atoms with E-state index in [1.54, 1.807) is 6.07 Å². The molecular formula is C19H21F3O2. The van der Waals surface area contributed by atoms with E-state index in [4.69, 9.17) is 0 Å². The van der Waals surface area contributed by atoms with Gasteiger partial charge in [-0.25, -0.2) is 0 Å². The Hall–Kier alpha value is -1.52. The van der Waals surface area contributed by atoms with Crippen LogP contribution in [0.5, 0.6) is 5.75 Å². The first kappa shape index (κ1) is 16.0. The van der Waals surface area contributed by atoms with Crippen molar-refractivity contribution in [3.05, 3.63) is 29.3 Å². The molecule has 4 rings (SSSR count). The highest BCUT2D eigenvalue weighted by Gasteiger charge is 2.54. The van der Waals surface area contributed by atoms with E-state index in [2.05, 4.69) is 11.7 Å². The number of aryl methyl sites for hydroxylation is 1. The molecule has 4 unspecified atom stereocenters. The third-order valence-corrected chi connectivity index (χ3v) is 6.64. The minimum absolute atomic E-state index is 0.128. The minimum atomic E-state index is -4.65. The van der Waals surface area contributed by atoms with E-state index in [9.17, 15) is 18.0 Å². The monoisotopic (exact) mass is 338 g/mol. The summed E-state index contributed by atoms with van der Waals surface area (Å²) < 4.78 is 41.3. The zero-order chi connectivity index (χ0) is 17.1. The first-order valence-electron chi connectivity index (χ1n) is 8.70. The fourth-order valence-corrected chi connectivity index (χ4v) is 5.53. The zero-order valence-corrected chi connectivity index (χ0v) is 13.7. The average molecular weight is 338 g/mol. The Kier molecular flexibility index (Phi) is 3.49. The molecule has 1 aromatic carbocycles. The largest absolute Gasteiger partial charge is 0.573 e. The lowest BCUT2D eigenvalue weighted by molar-refractivity contribution is -0.274. The predicted octanol–water partition coefficient (Wildman–Crippen LogP) is 5.01. The second-order valence-electron chi connectivity index (χ2n) is 7.74. The van der Waals surface area contributed by atoms with Crippen molar-refractivity contribution in [1.29, 1.82) is 0 Å². The summed E-state index contributed by atoms with van der Waals surface area (Å²) >= 11 is 0. The highest BCUT2D eigenvalue weighted by atomic mass is 19.4. The van der Waals surface area contributed by atoms with Crippen LogP contribution in [-0.4, -0.2) is 12.1 Å². The number of ether oxygens (including phenoxy) is 1. The lowest BCUT2D eigenvalue weighted by Gasteiger charge is -2.48. The van der Waals surface area contributed by atoms with Gasteiger partial charge >= 0.3 is 6.36 Å². The molecule has 2 nitrogen and oxygen atoms in total. The fraction of sp³-hybridized carbons (Fsp3) is 0.632. The van der Waals surface area contributed by atoms with Crippen molar-refractivity contribution in [2.75, 3.05) is 0 Å². The number of hydrogen-bond acceptors (Lipinski definition) is 2. The molecule has 0 N–H and O–H groups in total. The summed E-state index contributed by atoms with van der Waals surface area (Å²) in [4.78, 5) is 12.3. The van der Waals surface area contributed by atoms with Gasteiger partial charge in [-0.1, -0.05) is 13.0 Å². The van der Waals surface area contributed by atoms with Crippen molar-refractivity contribution < 1.29 is 22.7 Å². The second kappa shape index (κ2) is 5.24. The molecule has 24 heavy (non-hydrogen) atoms. The third-order valence-electron chi connectivity index (χ3n) is 6.64. The predicted molar refractivity (Wildman–Crippen MR) is 82.7 cm³/mol. The molecule has 0 heterocycles. The lowest BCUT2D eigenvalue weighted by Crippen LogP contribution is -2.42. The number of benzene rings is 1. The molecule has 0 amide bonds. The molecule has 5 heteroatoms. The maximum Gasteiger partial charge on any atom is 0.573 e. The number of ketones is 1. The molecule has 4 atom stereocenters. The standard InChI is InChI=1S/C19H21F3O2/c1-18-9-8-14-13-5-3-12(24-19(20,21)22)10-11(13)2-4-15(14)16(18)6-7-17(18)23/h3,5,10,14-16H,2,4,6-9H2,1H3. The second-order valence-corrected chi connectivity index (χ2v) is 7.74. The Balaban J connectivity index is 1.62. The van der Waals surface area contributed by atoms with Gasteiger partial charge in [0, 0.05) is 11.8 Å². The topological polar surface area (TPSA) is 26.3 Å². The van der Waals surface area contributed by atoms with Crippen LogP contribution >= 0.6 is 0 Å². The molecule has 0 aromatic heterocycles. The summed E-state index contributed by atoms with van der Waals surface area (Å²) in [7, 11) is 0. The van der Waals surface area contributed by atoms with Crippen LogP contribution in [0.4, 0.5) is 13.2 Å². The Morgan fingerprint density at radius 2 is 1.96 bits per heavy atom. The Morgan fingerprint density at radius 1 is 1.17 bits per heavy atom. The quantitative estimate of drug-likeness (QED) is 0.719. The number of rotatable bonds is 1. The highest BCUT2D eigenvalue weighted by molar-refractivity contribution is 5.87. The Morgan fingerprint density at radius 3 is 2.71 bits per heavy atom. The van der Waals surface area contributed by atoms with E-state index >= 15 is 0 Å². The van der Waals surface area contributed by atoms with E-state index in [1.165, 1.54) is 11.6 Å². The molecule has 0 saturated heterocycles. The van der Waals surface area contributed by atoms with Crippen molar-refractivity contribution >= 4 is 5.78 Å². The number of halogens is 3. The van der Waals surface area contributed by atoms with Gasteiger partial charge in [0.25, 0.3) is 0 Å². The van der Waals surface area contributed by atoms with Gasteiger partial charge in [-0.2, -0.15) is 0 Å². The van der Waals surface area contributed by atoms with Crippen LogP contribution in [0, 0.1) is 17.3 Å². The summed E-state index contributed by atoms with van der Waals surface area (Å²) in [6.45, 7) is 2.12. The summed E-state index contributed by atoms with van der Waals surface area (Å²) in [5.41, 5.74) is 1.98. The van der Waals surface area contributed by atoms with Gasteiger partial charge in [-0.15, -0.1) is 13.2 Å². The first-order valence-corrected chi connectivity index (χ1v) is 8.70. The maximum atomic E-state index is 12.4. The van der Waals surface area contributed by atoms with Gasteiger partial charge in [-0.3, -0.25) is 4.79 Å². The molecule has 2 saturated carbocycles. The summed E-state index contributed by atoms with van der Waals surface area (Å²) in [5, 5.41) is 0. The fourth-order valence-electron chi connectivity index (χ4n) is 5.53. The SMILES string of the molecule is CC12CCC3c4ccc(OC(F)(F)F)cc4CCC3C1CCC2=O. The van der Waals surface area contributed by atoms with Crippen molar-refractivity contribution in [2.45, 2.75) is 57.7 Å². The van der Waals surface area contributed by atoms with Crippen LogP contribution in [0.3, 0.4) is 0 Å². The molecule has 3 aliphatic carbocycles. The Bertz CT molecular complexity index is 682. The molecule has 130 valence electrons. The molecule has 3 aliphatic rings. The lowest BCUT2D eigenvalue weighted by atomic mass is 9.55. The first-order chi connectivity index (χ1) is 11.3. The third kappa shape index (κ3) is 2.44. The summed E-state index contributed by atoms with van der Waals surface area (Å²) in [6.07, 6.45) is 0.597. The molecular weight excluding hydrogens is 317 g/mol. The minimum Gasteiger partial charge on any atom is -0.406 e. The van der Waals surface area contributed by atoms with Gasteiger partial charge in [0.1, 0.15) is 11.5 Å². The van der Waals surface area contributed by atoms with Crippen LogP contribution in [0.15, 0.2) is 18.2 Å². The highest BCUT2D eigenvalue weighted by Crippen LogP contribution is 2.59. The number of carbonyl (C=O) groups excluding carboxylic acids is 1. The molecule has 0 spiro atoms. The van der Waals surface area contributed by atoms with E-state index in [1.807, 2.05) is 6.07 Å². The van der Waals surface area contributed by atoms with Gasteiger partial charge in [0.15, 0.2) is 0 Å². The van der Waals surface area contributed by atoms with Crippen LogP contribution in [0.1, 0.15) is 56.1 Å². The number of hydrogen-bond donors (Lipinski definition) is 0. The number of fused-ring (bicyclic) bond motifs is 5. The number of Topliss-reactive ketones (excluding diaryl/α,β-unsaturated/α-hetero) is 1. The number of alkyl halides is 3. The van der Waals surface area contributed by atoms with E-state index in [-0.39, 0.29) is 11.2 Å². The molecule has 0 bridgehead atoms. The van der Waals surface area contributed by atoms with Gasteiger partial charge in [0.2, 0.25) is 0 Å². The van der Waals surface area contributed by atoms with Crippen molar-refractivity contribution in [2.24, 2.45) is 17.3 Å². The number of carbonyl (C=O) groups is 1. The normalized spacial score (nSPS) is 35.2. The average Bonchev–Trinajstić information content (AvgIpc) is 2.81. The van der Waals surface area contributed by atoms with Crippen LogP contribution in [0.2, 0.25) is 0 Å². The smallest absolute Gasteiger partial charge is 0.406 e. The maximum absolute atomic E-state index is 12.4. The molecule has 1 aromatic rings. The van der Waals surface area contributed by atoms with Gasteiger partial charge in [0.05, 0.1) is 0 Å². The molecule has 0 radical (unpaired) electrons. The Labute approximate surface area is 139 Å². The van der Waals surface area contributed by atoms with E-state index in [0.29, 0.717) is 30.0 Å². The summed E-state index contributed by atoms with van der Waals surface area (Å²) in [5.74, 6) is 1.57. The van der Waals surface area contributed by atoms with Gasteiger partial charge in [-0.05, 0) is 73.1 Å².